The Balaban J connectivity index is 2.22. The quantitative estimate of drug-likeness (QED) is 0.624. The zero-order chi connectivity index (χ0) is 18.4. The summed E-state index contributed by atoms with van der Waals surface area (Å²) in [5.74, 6) is -0.584. The summed E-state index contributed by atoms with van der Waals surface area (Å²) in [5.41, 5.74) is 1.77. The van der Waals surface area contributed by atoms with E-state index in [9.17, 15) is 19.8 Å². The summed E-state index contributed by atoms with van der Waals surface area (Å²) in [5, 5.41) is 22.3. The van der Waals surface area contributed by atoms with Crippen LogP contribution in [0.4, 0.5) is 0 Å². The maximum atomic E-state index is 12.2. The highest BCUT2D eigenvalue weighted by Crippen LogP contribution is 2.23. The first-order chi connectivity index (χ1) is 11.9. The second-order valence-corrected chi connectivity index (χ2v) is 6.59. The van der Waals surface area contributed by atoms with Crippen LogP contribution in [0.2, 0.25) is 0 Å². The molecule has 25 heavy (non-hydrogen) atoms. The van der Waals surface area contributed by atoms with Gasteiger partial charge in [0.1, 0.15) is 11.8 Å². The summed E-state index contributed by atoms with van der Waals surface area (Å²) in [4.78, 5) is 23.6. The van der Waals surface area contributed by atoms with Crippen molar-refractivity contribution in [2.75, 3.05) is 6.54 Å². The number of aryl methyl sites for hydroxylation is 1. The van der Waals surface area contributed by atoms with Crippen molar-refractivity contribution in [3.8, 4) is 0 Å². The van der Waals surface area contributed by atoms with E-state index in [1.165, 1.54) is 6.92 Å². The third kappa shape index (κ3) is 4.95. The van der Waals surface area contributed by atoms with Crippen molar-refractivity contribution >= 4 is 11.5 Å². The largest absolute Gasteiger partial charge is 0.512 e. The maximum Gasteiger partial charge on any atom is 0.339 e. The molecule has 1 aliphatic carbocycles. The number of hydrogen-bond donors (Lipinski definition) is 3. The molecular formula is C19H27NO5. The van der Waals surface area contributed by atoms with Crippen molar-refractivity contribution in [3.63, 3.8) is 0 Å². The molecule has 1 aliphatic rings. The van der Waals surface area contributed by atoms with Crippen LogP contribution in [0, 0.1) is 0 Å². The molecule has 0 fully saturated rings. The standard InChI is InChI=1S/C19H27NO5/c1-3-4-9-16(18(22)23)20-11-15(12(2)21)17-10-13-7-5-6-8-14(13)19(24)25-17/h10,16,20-21H,3-9,11H2,1-2H3,(H,22,23)/b15-12+. The SMILES string of the molecule is CCCCC(NC/C(=C(/C)O)c1cc2c(c(=O)o1)CCCC2)C(=O)O. The van der Waals surface area contributed by atoms with E-state index >= 15 is 0 Å². The van der Waals surface area contributed by atoms with Gasteiger partial charge in [0.2, 0.25) is 0 Å². The third-order valence-corrected chi connectivity index (χ3v) is 4.67. The number of carboxylic acid groups (broad SMARTS) is 1. The number of aliphatic hydroxyl groups is 1. The van der Waals surface area contributed by atoms with E-state index in [-0.39, 0.29) is 17.9 Å². The van der Waals surface area contributed by atoms with Crippen LogP contribution >= 0.6 is 0 Å². The summed E-state index contributed by atoms with van der Waals surface area (Å²) in [6.07, 6.45) is 5.79. The maximum absolute atomic E-state index is 12.2. The lowest BCUT2D eigenvalue weighted by molar-refractivity contribution is -0.139. The number of allylic oxidation sites excluding steroid dienone is 1. The van der Waals surface area contributed by atoms with Crippen molar-refractivity contribution in [1.82, 2.24) is 5.32 Å². The van der Waals surface area contributed by atoms with Gasteiger partial charge < -0.3 is 19.9 Å². The summed E-state index contributed by atoms with van der Waals surface area (Å²) in [6, 6.07) is 1.12. The summed E-state index contributed by atoms with van der Waals surface area (Å²) < 4.78 is 5.41. The molecule has 0 saturated heterocycles. The Kier molecular flexibility index (Phi) is 6.82. The molecule has 0 bridgehead atoms. The first-order valence-corrected chi connectivity index (χ1v) is 8.95. The number of hydrogen-bond acceptors (Lipinski definition) is 5. The van der Waals surface area contributed by atoms with Crippen molar-refractivity contribution < 1.29 is 19.4 Å². The fraction of sp³-hybridized carbons (Fsp3) is 0.579. The zero-order valence-corrected chi connectivity index (χ0v) is 14.9. The lowest BCUT2D eigenvalue weighted by Crippen LogP contribution is -2.37. The molecule has 1 aromatic rings. The number of fused-ring (bicyclic) bond motifs is 1. The van der Waals surface area contributed by atoms with Crippen molar-refractivity contribution in [2.45, 2.75) is 64.8 Å². The van der Waals surface area contributed by atoms with Gasteiger partial charge in [-0.2, -0.15) is 0 Å². The molecule has 6 nitrogen and oxygen atoms in total. The van der Waals surface area contributed by atoms with Gasteiger partial charge >= 0.3 is 11.6 Å². The van der Waals surface area contributed by atoms with Crippen LogP contribution in [0.1, 0.15) is 62.8 Å². The number of nitrogens with one attached hydrogen (secondary N) is 1. The Labute approximate surface area is 147 Å². The monoisotopic (exact) mass is 349 g/mol. The Morgan fingerprint density at radius 3 is 2.68 bits per heavy atom. The zero-order valence-electron chi connectivity index (χ0n) is 14.9. The van der Waals surface area contributed by atoms with Gasteiger partial charge in [-0.25, -0.2) is 4.79 Å². The smallest absolute Gasteiger partial charge is 0.339 e. The van der Waals surface area contributed by atoms with Crippen LogP contribution < -0.4 is 10.9 Å². The lowest BCUT2D eigenvalue weighted by atomic mass is 9.92. The van der Waals surface area contributed by atoms with Crippen molar-refractivity contribution in [3.05, 3.63) is 39.1 Å². The molecule has 138 valence electrons. The predicted molar refractivity (Wildman–Crippen MR) is 95.8 cm³/mol. The van der Waals surface area contributed by atoms with Gasteiger partial charge in [-0.3, -0.25) is 4.79 Å². The molecule has 2 rings (SSSR count). The minimum absolute atomic E-state index is 0.0195. The highest BCUT2D eigenvalue weighted by molar-refractivity contribution is 5.74. The van der Waals surface area contributed by atoms with E-state index in [1.807, 2.05) is 13.0 Å². The molecule has 0 spiro atoms. The molecule has 3 N–H and O–H groups in total. The molecular weight excluding hydrogens is 322 g/mol. The first-order valence-electron chi connectivity index (χ1n) is 8.95. The second-order valence-electron chi connectivity index (χ2n) is 6.59. The van der Waals surface area contributed by atoms with E-state index in [0.717, 1.165) is 49.7 Å². The number of rotatable bonds is 8. The molecule has 1 atom stereocenters. The highest BCUT2D eigenvalue weighted by atomic mass is 16.4. The van der Waals surface area contributed by atoms with E-state index in [2.05, 4.69) is 5.32 Å². The number of carboxylic acids is 1. The van der Waals surface area contributed by atoms with E-state index < -0.39 is 12.0 Å². The van der Waals surface area contributed by atoms with Gasteiger partial charge in [0.25, 0.3) is 0 Å². The summed E-state index contributed by atoms with van der Waals surface area (Å²) >= 11 is 0. The van der Waals surface area contributed by atoms with Crippen LogP contribution in [0.3, 0.4) is 0 Å². The molecule has 0 amide bonds. The predicted octanol–water partition coefficient (Wildman–Crippen LogP) is 3.04. The normalized spacial score (nSPS) is 16.1. The number of aliphatic carboxylic acids is 1. The summed E-state index contributed by atoms with van der Waals surface area (Å²) in [6.45, 7) is 3.65. The Morgan fingerprint density at radius 2 is 2.04 bits per heavy atom. The summed E-state index contributed by atoms with van der Waals surface area (Å²) in [7, 11) is 0. The number of aliphatic hydroxyl groups excluding tert-OH is 1. The van der Waals surface area contributed by atoms with E-state index in [0.29, 0.717) is 17.8 Å². The fourth-order valence-electron chi connectivity index (χ4n) is 3.16. The van der Waals surface area contributed by atoms with E-state index in [4.69, 9.17) is 4.42 Å². The molecule has 1 aromatic heterocycles. The Bertz CT molecular complexity index is 700. The van der Waals surface area contributed by atoms with Gasteiger partial charge in [0, 0.05) is 17.7 Å². The van der Waals surface area contributed by atoms with E-state index in [1.54, 1.807) is 0 Å². The van der Waals surface area contributed by atoms with Gasteiger partial charge in [-0.05, 0) is 50.7 Å². The molecule has 0 aliphatic heterocycles. The van der Waals surface area contributed by atoms with Crippen LogP contribution in [0.5, 0.6) is 0 Å². The fourth-order valence-corrected chi connectivity index (χ4v) is 3.16. The minimum atomic E-state index is -0.921. The van der Waals surface area contributed by atoms with Crippen LogP contribution in [-0.2, 0) is 17.6 Å². The number of unbranched alkanes of at least 4 members (excludes halogenated alkanes) is 1. The lowest BCUT2D eigenvalue weighted by Gasteiger charge is -2.18. The average Bonchev–Trinajstić information content (AvgIpc) is 2.57. The number of carbonyl (C=O) groups is 1. The van der Waals surface area contributed by atoms with Crippen LogP contribution in [0.25, 0.3) is 5.57 Å². The van der Waals surface area contributed by atoms with Crippen molar-refractivity contribution in [1.29, 1.82) is 0 Å². The minimum Gasteiger partial charge on any atom is -0.512 e. The van der Waals surface area contributed by atoms with Crippen LogP contribution in [-0.4, -0.2) is 28.8 Å². The average molecular weight is 349 g/mol. The van der Waals surface area contributed by atoms with Crippen LogP contribution in [0.15, 0.2) is 21.0 Å². The molecule has 0 radical (unpaired) electrons. The molecule has 1 unspecified atom stereocenters. The van der Waals surface area contributed by atoms with Gasteiger partial charge in [-0.1, -0.05) is 19.8 Å². The highest BCUT2D eigenvalue weighted by Gasteiger charge is 2.21. The molecule has 1 heterocycles. The topological polar surface area (TPSA) is 99.8 Å². The molecule has 0 saturated carbocycles. The van der Waals surface area contributed by atoms with Gasteiger partial charge in [0.15, 0.2) is 0 Å². The van der Waals surface area contributed by atoms with Gasteiger partial charge in [-0.15, -0.1) is 0 Å². The Hall–Kier alpha value is -2.08. The third-order valence-electron chi connectivity index (χ3n) is 4.67. The second kappa shape index (κ2) is 8.85. The van der Waals surface area contributed by atoms with Crippen molar-refractivity contribution in [2.24, 2.45) is 0 Å². The molecule has 6 heteroatoms. The first kappa shape index (κ1) is 19.2. The Morgan fingerprint density at radius 1 is 1.32 bits per heavy atom. The molecule has 0 aromatic carbocycles. The van der Waals surface area contributed by atoms with Gasteiger partial charge in [0.05, 0.1) is 5.76 Å².